The predicted octanol–water partition coefficient (Wildman–Crippen LogP) is 1.62. The number of hydrogen-bond donors (Lipinski definition) is 0. The molecule has 2 aliphatic heterocycles. The lowest BCUT2D eigenvalue weighted by Crippen LogP contribution is -2.32. The second kappa shape index (κ2) is 7.11. The summed E-state index contributed by atoms with van der Waals surface area (Å²) < 4.78 is 7.96. The zero-order chi connectivity index (χ0) is 15.5. The van der Waals surface area contributed by atoms with Gasteiger partial charge in [0.1, 0.15) is 5.82 Å². The monoisotopic (exact) mass is 306 g/mol. The largest absolute Gasteiger partial charge is 0.381 e. The highest BCUT2D eigenvalue weighted by molar-refractivity contribution is 5.07. The van der Waals surface area contributed by atoms with E-state index in [4.69, 9.17) is 4.74 Å². The minimum Gasteiger partial charge on any atom is -0.381 e. The highest BCUT2D eigenvalue weighted by Crippen LogP contribution is 2.18. The van der Waals surface area contributed by atoms with Crippen molar-refractivity contribution in [3.63, 3.8) is 0 Å². The lowest BCUT2D eigenvalue weighted by atomic mass is 10.1. The Kier molecular flexibility index (Phi) is 5.16. The molecule has 1 unspecified atom stereocenters. The van der Waals surface area contributed by atoms with Gasteiger partial charge in [-0.1, -0.05) is 0 Å². The summed E-state index contributed by atoms with van der Waals surface area (Å²) in [4.78, 5) is 9.66. The maximum Gasteiger partial charge on any atom is 0.110 e. The van der Waals surface area contributed by atoms with Crippen molar-refractivity contribution in [1.29, 1.82) is 0 Å². The molecule has 1 aromatic heterocycles. The lowest BCUT2D eigenvalue weighted by Gasteiger charge is -2.23. The van der Waals surface area contributed by atoms with Crippen molar-refractivity contribution >= 4 is 0 Å². The molecule has 5 heteroatoms. The molecule has 3 rings (SSSR count). The van der Waals surface area contributed by atoms with Gasteiger partial charge >= 0.3 is 0 Å². The summed E-state index contributed by atoms with van der Waals surface area (Å²) in [5.74, 6) is 1.99. The fraction of sp³-hybridized carbons (Fsp3) is 0.824. The van der Waals surface area contributed by atoms with Crippen LogP contribution in [0.1, 0.15) is 31.8 Å². The number of rotatable bonds is 5. The normalized spacial score (nSPS) is 23.2. The molecule has 0 spiro atoms. The molecule has 0 aliphatic carbocycles. The maximum absolute atomic E-state index is 5.51. The second-order valence-electron chi connectivity index (χ2n) is 7.11. The molecule has 1 aromatic rings. The van der Waals surface area contributed by atoms with Gasteiger partial charge in [-0.05, 0) is 33.2 Å². The summed E-state index contributed by atoms with van der Waals surface area (Å²) in [6.07, 6.45) is 4.37. The van der Waals surface area contributed by atoms with E-state index >= 15 is 0 Å². The molecule has 1 atom stereocenters. The van der Waals surface area contributed by atoms with Crippen molar-refractivity contribution in [1.82, 2.24) is 19.4 Å². The highest BCUT2D eigenvalue weighted by atomic mass is 16.5. The van der Waals surface area contributed by atoms with Crippen LogP contribution < -0.4 is 0 Å². The van der Waals surface area contributed by atoms with E-state index in [9.17, 15) is 0 Å². The Morgan fingerprint density at radius 1 is 1.36 bits per heavy atom. The Balaban J connectivity index is 1.60. The SMILES string of the molecule is CC(C)N(C)Cc1cnc2n1CCN(CC1CCOC1)CC2. The first kappa shape index (κ1) is 16.0. The number of ether oxygens (including phenoxy) is 1. The minimum atomic E-state index is 0.566. The van der Waals surface area contributed by atoms with Gasteiger partial charge in [-0.25, -0.2) is 4.98 Å². The van der Waals surface area contributed by atoms with Crippen molar-refractivity contribution in [2.45, 2.75) is 45.8 Å². The van der Waals surface area contributed by atoms with Crippen LogP contribution in [0.2, 0.25) is 0 Å². The van der Waals surface area contributed by atoms with Crippen LogP contribution in [0.15, 0.2) is 6.20 Å². The molecule has 124 valence electrons. The van der Waals surface area contributed by atoms with E-state index in [0.717, 1.165) is 51.7 Å². The molecule has 2 aliphatic rings. The van der Waals surface area contributed by atoms with Crippen LogP contribution in [0.25, 0.3) is 0 Å². The summed E-state index contributed by atoms with van der Waals surface area (Å²) >= 11 is 0. The van der Waals surface area contributed by atoms with E-state index in [1.54, 1.807) is 0 Å². The number of imidazole rings is 1. The Hall–Kier alpha value is -0.910. The Labute approximate surface area is 134 Å². The lowest BCUT2D eigenvalue weighted by molar-refractivity contribution is 0.167. The van der Waals surface area contributed by atoms with Crippen molar-refractivity contribution in [2.75, 3.05) is 39.9 Å². The van der Waals surface area contributed by atoms with E-state index in [-0.39, 0.29) is 0 Å². The quantitative estimate of drug-likeness (QED) is 0.828. The van der Waals surface area contributed by atoms with E-state index in [0.29, 0.717) is 6.04 Å². The predicted molar refractivity (Wildman–Crippen MR) is 87.9 cm³/mol. The van der Waals surface area contributed by atoms with Gasteiger partial charge in [0.25, 0.3) is 0 Å². The zero-order valence-corrected chi connectivity index (χ0v) is 14.3. The van der Waals surface area contributed by atoms with Crippen molar-refractivity contribution in [3.05, 3.63) is 17.7 Å². The summed E-state index contributed by atoms with van der Waals surface area (Å²) in [7, 11) is 2.19. The van der Waals surface area contributed by atoms with Crippen molar-refractivity contribution < 1.29 is 4.74 Å². The van der Waals surface area contributed by atoms with Crippen molar-refractivity contribution in [2.24, 2.45) is 5.92 Å². The maximum atomic E-state index is 5.51. The molecule has 3 heterocycles. The number of hydrogen-bond acceptors (Lipinski definition) is 4. The number of nitrogens with zero attached hydrogens (tertiary/aromatic N) is 4. The van der Waals surface area contributed by atoms with Crippen LogP contribution in [0.5, 0.6) is 0 Å². The van der Waals surface area contributed by atoms with Gasteiger partial charge in [-0.15, -0.1) is 0 Å². The molecular weight excluding hydrogens is 276 g/mol. The smallest absolute Gasteiger partial charge is 0.110 e. The Morgan fingerprint density at radius 2 is 2.23 bits per heavy atom. The zero-order valence-electron chi connectivity index (χ0n) is 14.3. The second-order valence-corrected chi connectivity index (χ2v) is 7.11. The minimum absolute atomic E-state index is 0.566. The Bertz CT molecular complexity index is 479. The molecule has 5 nitrogen and oxygen atoms in total. The average molecular weight is 306 g/mol. The molecule has 0 amide bonds. The average Bonchev–Trinajstić information content (AvgIpc) is 3.07. The van der Waals surface area contributed by atoms with Crippen LogP contribution in [0.4, 0.5) is 0 Å². The van der Waals surface area contributed by atoms with Gasteiger partial charge in [0.15, 0.2) is 0 Å². The van der Waals surface area contributed by atoms with E-state index in [1.807, 2.05) is 0 Å². The summed E-state index contributed by atoms with van der Waals surface area (Å²) in [6.45, 7) is 11.9. The van der Waals surface area contributed by atoms with Gasteiger partial charge in [-0.3, -0.25) is 4.90 Å². The molecule has 0 bridgehead atoms. The van der Waals surface area contributed by atoms with E-state index in [1.165, 1.54) is 24.5 Å². The molecule has 1 fully saturated rings. The van der Waals surface area contributed by atoms with E-state index in [2.05, 4.69) is 46.4 Å². The van der Waals surface area contributed by atoms with Crippen LogP contribution >= 0.6 is 0 Å². The van der Waals surface area contributed by atoms with Crippen LogP contribution in [0.3, 0.4) is 0 Å². The summed E-state index contributed by atoms with van der Waals surface area (Å²) in [5, 5.41) is 0. The topological polar surface area (TPSA) is 33.5 Å². The molecule has 0 aromatic carbocycles. The standard InChI is InChI=1S/C17H30N4O/c1-14(2)19(3)12-16-10-18-17-4-6-20(7-8-21(16)17)11-15-5-9-22-13-15/h10,14-15H,4-9,11-13H2,1-3H3. The van der Waals surface area contributed by atoms with Crippen molar-refractivity contribution in [3.8, 4) is 0 Å². The summed E-state index contributed by atoms with van der Waals surface area (Å²) in [5.41, 5.74) is 1.36. The Morgan fingerprint density at radius 3 is 2.95 bits per heavy atom. The van der Waals surface area contributed by atoms with Gasteiger partial charge in [0, 0.05) is 58.0 Å². The van der Waals surface area contributed by atoms with Crippen LogP contribution in [-0.4, -0.2) is 65.3 Å². The molecule has 22 heavy (non-hydrogen) atoms. The first-order valence-electron chi connectivity index (χ1n) is 8.67. The van der Waals surface area contributed by atoms with Gasteiger partial charge < -0.3 is 14.2 Å². The van der Waals surface area contributed by atoms with Crippen LogP contribution in [-0.2, 0) is 24.2 Å². The van der Waals surface area contributed by atoms with Gasteiger partial charge in [0.05, 0.1) is 12.3 Å². The van der Waals surface area contributed by atoms with Gasteiger partial charge in [-0.2, -0.15) is 0 Å². The molecule has 0 N–H and O–H groups in total. The molecule has 0 radical (unpaired) electrons. The third-order valence-electron chi connectivity index (χ3n) is 5.15. The third kappa shape index (κ3) is 3.70. The first-order chi connectivity index (χ1) is 10.6. The number of fused-ring (bicyclic) bond motifs is 1. The third-order valence-corrected chi connectivity index (χ3v) is 5.15. The number of aromatic nitrogens is 2. The molecule has 1 saturated heterocycles. The highest BCUT2D eigenvalue weighted by Gasteiger charge is 2.22. The molecular formula is C17H30N4O. The van der Waals surface area contributed by atoms with Crippen LogP contribution in [0, 0.1) is 5.92 Å². The molecule has 0 saturated carbocycles. The first-order valence-corrected chi connectivity index (χ1v) is 8.67. The van der Waals surface area contributed by atoms with E-state index < -0.39 is 0 Å². The fourth-order valence-electron chi connectivity index (χ4n) is 3.38. The fourth-order valence-corrected chi connectivity index (χ4v) is 3.38. The summed E-state index contributed by atoms with van der Waals surface area (Å²) in [6, 6.07) is 0.566. The van der Waals surface area contributed by atoms with Gasteiger partial charge in [0.2, 0.25) is 0 Å².